The van der Waals surface area contributed by atoms with Crippen molar-refractivity contribution in [1.82, 2.24) is 0 Å². The molecule has 9 heteroatoms. The summed E-state index contributed by atoms with van der Waals surface area (Å²) in [6.45, 7) is 2.27. The van der Waals surface area contributed by atoms with E-state index in [1.165, 1.54) is 4.90 Å². The summed E-state index contributed by atoms with van der Waals surface area (Å²) in [6, 6.07) is 25.2. The second-order valence-corrected chi connectivity index (χ2v) is 10.9. The third-order valence-electron chi connectivity index (χ3n) is 6.84. The zero-order chi connectivity index (χ0) is 30.9. The van der Waals surface area contributed by atoms with Crippen LogP contribution in [-0.4, -0.2) is 36.5 Å². The fourth-order valence-electron chi connectivity index (χ4n) is 4.59. The summed E-state index contributed by atoms with van der Waals surface area (Å²) in [4.78, 5) is 39.0. The van der Waals surface area contributed by atoms with Crippen LogP contribution in [0.25, 0.3) is 11.1 Å². The molecule has 2 N–H and O–H groups in total. The summed E-state index contributed by atoms with van der Waals surface area (Å²) in [5.74, 6) is -1.06. The minimum Gasteiger partial charge on any atom is -0.491 e. The van der Waals surface area contributed by atoms with Gasteiger partial charge >= 0.3 is 5.97 Å². The van der Waals surface area contributed by atoms with Crippen LogP contribution in [0.1, 0.15) is 52.0 Å². The standard InChI is InChI=1S/C34H32Cl2N2O5/c1-22-12-15-26(23-9-5-3-6-10-23)28(19-22)33(41)37-25-14-16-27(29(36)21-25)34(42)38(2)30-17-13-24(35)20-31(30)43-18-8-4-7-11-32(39)40/h3,5-6,9-10,12-17,19-21H,4,7-8,11,18H2,1-2H3,(H,37,41)(H,39,40). The summed E-state index contributed by atoms with van der Waals surface area (Å²) in [5.41, 5.74) is 4.42. The number of halogens is 2. The number of carboxylic acids is 1. The van der Waals surface area contributed by atoms with Crippen molar-refractivity contribution in [2.24, 2.45) is 0 Å². The van der Waals surface area contributed by atoms with E-state index in [1.807, 2.05) is 55.5 Å². The molecule has 0 aromatic heterocycles. The number of unbranched alkanes of at least 4 members (excludes halogenated alkanes) is 2. The van der Waals surface area contributed by atoms with Crippen LogP contribution in [0, 0.1) is 6.92 Å². The van der Waals surface area contributed by atoms with Crippen molar-refractivity contribution in [2.75, 3.05) is 23.9 Å². The molecule has 4 aromatic carbocycles. The van der Waals surface area contributed by atoms with Gasteiger partial charge in [0.2, 0.25) is 0 Å². The van der Waals surface area contributed by atoms with Gasteiger partial charge in [-0.1, -0.05) is 71.2 Å². The Hall–Kier alpha value is -4.33. The lowest BCUT2D eigenvalue weighted by Gasteiger charge is -2.22. The van der Waals surface area contributed by atoms with Crippen LogP contribution in [0.3, 0.4) is 0 Å². The average molecular weight is 620 g/mol. The van der Waals surface area contributed by atoms with Gasteiger partial charge in [-0.2, -0.15) is 0 Å². The number of carbonyl (C=O) groups excluding carboxylic acids is 2. The van der Waals surface area contributed by atoms with Crippen molar-refractivity contribution >= 4 is 52.4 Å². The topological polar surface area (TPSA) is 95.9 Å². The maximum atomic E-state index is 13.5. The number of carbonyl (C=O) groups is 3. The summed E-state index contributed by atoms with van der Waals surface area (Å²) < 4.78 is 5.91. The number of carboxylic acid groups (broad SMARTS) is 1. The van der Waals surface area contributed by atoms with E-state index < -0.39 is 5.97 Å². The van der Waals surface area contributed by atoms with Crippen LogP contribution < -0.4 is 15.0 Å². The first kappa shape index (κ1) is 31.6. The second kappa shape index (κ2) is 14.7. The van der Waals surface area contributed by atoms with Crippen LogP contribution in [0.2, 0.25) is 10.0 Å². The van der Waals surface area contributed by atoms with E-state index in [4.69, 9.17) is 33.0 Å². The van der Waals surface area contributed by atoms with Crippen molar-refractivity contribution in [2.45, 2.75) is 32.6 Å². The molecule has 222 valence electrons. The van der Waals surface area contributed by atoms with E-state index in [-0.39, 0.29) is 28.8 Å². The zero-order valence-electron chi connectivity index (χ0n) is 23.9. The molecule has 43 heavy (non-hydrogen) atoms. The number of nitrogens with zero attached hydrogens (tertiary/aromatic N) is 1. The molecule has 0 saturated heterocycles. The number of nitrogens with one attached hydrogen (secondary N) is 1. The van der Waals surface area contributed by atoms with Crippen LogP contribution >= 0.6 is 23.2 Å². The Labute approximate surface area is 261 Å². The van der Waals surface area contributed by atoms with Gasteiger partial charge in [-0.3, -0.25) is 14.4 Å². The first-order valence-electron chi connectivity index (χ1n) is 13.8. The minimum atomic E-state index is -0.823. The number of hydrogen-bond acceptors (Lipinski definition) is 4. The predicted octanol–water partition coefficient (Wildman–Crippen LogP) is 8.52. The molecule has 0 aliphatic rings. The molecular weight excluding hydrogens is 587 g/mol. The molecule has 0 atom stereocenters. The molecule has 0 fully saturated rings. The van der Waals surface area contributed by atoms with E-state index in [0.29, 0.717) is 53.6 Å². The Kier molecular flexibility index (Phi) is 10.8. The molecule has 2 amide bonds. The van der Waals surface area contributed by atoms with Gasteiger partial charge in [0.25, 0.3) is 11.8 Å². The Balaban J connectivity index is 1.47. The fourth-order valence-corrected chi connectivity index (χ4v) is 5.01. The molecule has 0 aliphatic carbocycles. The maximum Gasteiger partial charge on any atom is 0.303 e. The molecule has 4 rings (SSSR count). The van der Waals surface area contributed by atoms with Gasteiger partial charge in [-0.15, -0.1) is 0 Å². The minimum absolute atomic E-state index is 0.115. The van der Waals surface area contributed by atoms with Gasteiger partial charge in [0.15, 0.2) is 0 Å². The normalized spacial score (nSPS) is 10.7. The van der Waals surface area contributed by atoms with Crippen LogP contribution in [0.15, 0.2) is 84.9 Å². The van der Waals surface area contributed by atoms with Crippen LogP contribution in [0.4, 0.5) is 11.4 Å². The van der Waals surface area contributed by atoms with E-state index in [9.17, 15) is 14.4 Å². The first-order valence-corrected chi connectivity index (χ1v) is 14.6. The van der Waals surface area contributed by atoms with Gasteiger partial charge in [-0.05, 0) is 73.7 Å². The molecule has 0 unspecified atom stereocenters. The Morgan fingerprint density at radius 1 is 0.860 bits per heavy atom. The van der Waals surface area contributed by atoms with Crippen molar-refractivity contribution in [3.8, 4) is 16.9 Å². The quantitative estimate of drug-likeness (QED) is 0.155. The number of aliphatic carboxylic acids is 1. The van der Waals surface area contributed by atoms with Gasteiger partial charge in [0.05, 0.1) is 22.9 Å². The third-order valence-corrected chi connectivity index (χ3v) is 7.39. The van der Waals surface area contributed by atoms with Gasteiger partial charge < -0.3 is 20.1 Å². The second-order valence-electron chi connectivity index (χ2n) is 10.1. The monoisotopic (exact) mass is 618 g/mol. The van der Waals surface area contributed by atoms with E-state index >= 15 is 0 Å². The molecule has 0 saturated carbocycles. The lowest BCUT2D eigenvalue weighted by molar-refractivity contribution is -0.137. The van der Waals surface area contributed by atoms with Crippen molar-refractivity contribution in [3.05, 3.63) is 112 Å². The van der Waals surface area contributed by atoms with Gasteiger partial charge in [0.1, 0.15) is 5.75 Å². The molecule has 0 aliphatic heterocycles. The van der Waals surface area contributed by atoms with Gasteiger partial charge in [-0.25, -0.2) is 0 Å². The summed E-state index contributed by atoms with van der Waals surface area (Å²) >= 11 is 12.8. The third kappa shape index (κ3) is 8.37. The number of benzene rings is 4. The number of anilines is 2. The highest BCUT2D eigenvalue weighted by Crippen LogP contribution is 2.33. The fraction of sp³-hybridized carbons (Fsp3) is 0.206. The number of aryl methyl sites for hydroxylation is 1. The molecule has 0 bridgehead atoms. The summed E-state index contributed by atoms with van der Waals surface area (Å²) in [5, 5.41) is 12.3. The molecule has 0 spiro atoms. The maximum absolute atomic E-state index is 13.5. The number of ether oxygens (including phenoxy) is 1. The van der Waals surface area contributed by atoms with Crippen molar-refractivity contribution in [3.63, 3.8) is 0 Å². The lowest BCUT2D eigenvalue weighted by atomic mass is 9.97. The smallest absolute Gasteiger partial charge is 0.303 e. The van der Waals surface area contributed by atoms with E-state index in [0.717, 1.165) is 16.7 Å². The summed E-state index contributed by atoms with van der Waals surface area (Å²) in [7, 11) is 1.61. The highest BCUT2D eigenvalue weighted by atomic mass is 35.5. The molecule has 4 aromatic rings. The average Bonchev–Trinajstić information content (AvgIpc) is 2.98. The van der Waals surface area contributed by atoms with E-state index in [2.05, 4.69) is 5.32 Å². The van der Waals surface area contributed by atoms with Crippen LogP contribution in [0.5, 0.6) is 5.75 Å². The zero-order valence-corrected chi connectivity index (χ0v) is 25.4. The summed E-state index contributed by atoms with van der Waals surface area (Å²) in [6.07, 6.45) is 2.04. The van der Waals surface area contributed by atoms with Crippen LogP contribution in [-0.2, 0) is 4.79 Å². The van der Waals surface area contributed by atoms with Crippen molar-refractivity contribution in [1.29, 1.82) is 0 Å². The number of hydrogen-bond donors (Lipinski definition) is 2. The SMILES string of the molecule is Cc1ccc(-c2ccccc2)c(C(=O)Nc2ccc(C(=O)N(C)c3ccc(Cl)cc3OCCCCCC(=O)O)c(Cl)c2)c1. The number of amides is 2. The highest BCUT2D eigenvalue weighted by molar-refractivity contribution is 6.35. The Morgan fingerprint density at radius 2 is 1.63 bits per heavy atom. The molecular formula is C34H32Cl2N2O5. The van der Waals surface area contributed by atoms with E-state index in [1.54, 1.807) is 43.4 Å². The molecule has 0 radical (unpaired) electrons. The van der Waals surface area contributed by atoms with Crippen molar-refractivity contribution < 1.29 is 24.2 Å². The largest absolute Gasteiger partial charge is 0.491 e. The number of rotatable bonds is 12. The lowest BCUT2D eigenvalue weighted by Crippen LogP contribution is -2.27. The predicted molar refractivity (Wildman–Crippen MR) is 172 cm³/mol. The van der Waals surface area contributed by atoms with Gasteiger partial charge in [0, 0.05) is 35.8 Å². The molecule has 7 nitrogen and oxygen atoms in total. The highest BCUT2D eigenvalue weighted by Gasteiger charge is 2.21. The Bertz CT molecular complexity index is 1620. The first-order chi connectivity index (χ1) is 20.6. The molecule has 0 heterocycles. The Morgan fingerprint density at radius 3 is 2.35 bits per heavy atom.